The molecular weight excluding hydrogens is 347 g/mol. The fourth-order valence-electron chi connectivity index (χ4n) is 2.78. The summed E-state index contributed by atoms with van der Waals surface area (Å²) in [5, 5.41) is 20.5. The topological polar surface area (TPSA) is 122 Å². The maximum atomic E-state index is 12.1. The Bertz CT molecular complexity index is 808. The Labute approximate surface area is 145 Å². The van der Waals surface area contributed by atoms with Crippen LogP contribution in [0, 0.1) is 0 Å². The number of carbonyl (C=O) groups is 1. The van der Waals surface area contributed by atoms with Crippen molar-refractivity contribution in [2.45, 2.75) is 44.3 Å². The highest BCUT2D eigenvalue weighted by Gasteiger charge is 2.44. The van der Waals surface area contributed by atoms with Crippen LogP contribution in [0.5, 0.6) is 0 Å². The molecule has 0 aromatic carbocycles. The summed E-state index contributed by atoms with van der Waals surface area (Å²) < 4.78 is 6.72. The summed E-state index contributed by atoms with van der Waals surface area (Å²) in [6.45, 7) is 4.13. The van der Waals surface area contributed by atoms with E-state index in [-0.39, 0.29) is 17.8 Å². The molecule has 140 valence electrons. The van der Waals surface area contributed by atoms with Crippen molar-refractivity contribution < 1.29 is 19.7 Å². The third kappa shape index (κ3) is 4.79. The molecule has 2 heterocycles. The van der Waals surface area contributed by atoms with Gasteiger partial charge in [0.1, 0.15) is 18.0 Å². The van der Waals surface area contributed by atoms with E-state index < -0.39 is 42.7 Å². The highest BCUT2D eigenvalue weighted by molar-refractivity contribution is 7.72. The molecule has 0 spiro atoms. The number of nitrogens with zero attached hydrogens (tertiary/aromatic N) is 1. The fraction of sp³-hybridized carbons (Fsp3) is 0.625. The Morgan fingerprint density at radius 2 is 2.00 bits per heavy atom. The van der Waals surface area contributed by atoms with E-state index in [1.807, 2.05) is 0 Å². The van der Waals surface area contributed by atoms with Crippen LogP contribution in [-0.2, 0) is 16.0 Å². The lowest BCUT2D eigenvalue weighted by Crippen LogP contribution is -2.39. The smallest absolute Gasteiger partial charge is 0.330 e. The van der Waals surface area contributed by atoms with Crippen molar-refractivity contribution >= 4 is 19.0 Å². The van der Waals surface area contributed by atoms with E-state index in [9.17, 15) is 24.6 Å². The largest absolute Gasteiger partial charge is 0.388 e. The quantitative estimate of drug-likeness (QED) is 0.573. The summed E-state index contributed by atoms with van der Waals surface area (Å²) in [5.41, 5.74) is -1.31. The monoisotopic (exact) mass is 372 g/mol. The lowest BCUT2D eigenvalue weighted by atomic mass is 10.1. The molecule has 1 aromatic rings. The molecular formula is C16H25N2O6P. The second-order valence-electron chi connectivity index (χ2n) is 7.19. The number of rotatable bonds is 6. The fourth-order valence-corrected chi connectivity index (χ4v) is 3.74. The van der Waals surface area contributed by atoms with Gasteiger partial charge in [0.25, 0.3) is 5.56 Å². The number of hydrogen-bond acceptors (Lipinski definition) is 6. The highest BCUT2D eigenvalue weighted by Crippen LogP contribution is 2.39. The number of ether oxygens (including phenoxy) is 1. The number of carbonyl (C=O) groups excluding carboxylic acids is 1. The van der Waals surface area contributed by atoms with Gasteiger partial charge in [-0.1, -0.05) is 0 Å². The van der Waals surface area contributed by atoms with Crippen molar-refractivity contribution in [3.05, 3.63) is 32.6 Å². The van der Waals surface area contributed by atoms with E-state index >= 15 is 0 Å². The number of nitrogens with one attached hydrogen (secondary N) is 1. The normalized spacial score (nSPS) is 26.8. The lowest BCUT2D eigenvalue weighted by molar-refractivity contribution is -0.116. The predicted octanol–water partition coefficient (Wildman–Crippen LogP) is -0.613. The van der Waals surface area contributed by atoms with Gasteiger partial charge in [-0.2, -0.15) is 0 Å². The number of hydrogen-bond donors (Lipinski definition) is 3. The first-order valence-corrected chi connectivity index (χ1v) is 11.1. The van der Waals surface area contributed by atoms with E-state index in [4.69, 9.17) is 4.74 Å². The Hall–Kier alpha value is -1.47. The van der Waals surface area contributed by atoms with Crippen molar-refractivity contribution in [2.75, 3.05) is 19.5 Å². The van der Waals surface area contributed by atoms with Gasteiger partial charge in [0.15, 0.2) is 6.23 Å². The van der Waals surface area contributed by atoms with E-state index in [0.717, 1.165) is 10.7 Å². The minimum Gasteiger partial charge on any atom is -0.388 e. The molecule has 0 bridgehead atoms. The molecule has 0 saturated carbocycles. The first-order valence-electron chi connectivity index (χ1n) is 8.02. The molecule has 2 rings (SSSR count). The van der Waals surface area contributed by atoms with Gasteiger partial charge in [-0.25, -0.2) is 4.79 Å². The van der Waals surface area contributed by atoms with Crippen LogP contribution in [0.4, 0.5) is 0 Å². The molecule has 0 aliphatic carbocycles. The van der Waals surface area contributed by atoms with E-state index in [1.54, 1.807) is 0 Å². The molecule has 0 amide bonds. The number of aliphatic hydroxyl groups is 2. The van der Waals surface area contributed by atoms with Crippen molar-refractivity contribution in [3.63, 3.8) is 0 Å². The summed E-state index contributed by atoms with van der Waals surface area (Å²) in [4.78, 5) is 37.3. The van der Waals surface area contributed by atoms with Crippen molar-refractivity contribution in [2.24, 2.45) is 0 Å². The van der Waals surface area contributed by atoms with Crippen LogP contribution < -0.4 is 11.2 Å². The van der Waals surface area contributed by atoms with Crippen LogP contribution in [0.2, 0.25) is 0 Å². The molecule has 8 nitrogen and oxygen atoms in total. The van der Waals surface area contributed by atoms with Crippen molar-refractivity contribution in [1.82, 2.24) is 9.55 Å². The third-order valence-electron chi connectivity index (χ3n) is 4.11. The molecule has 1 aromatic heterocycles. The molecule has 9 heteroatoms. The number of H-pyrrole nitrogens is 1. The summed E-state index contributed by atoms with van der Waals surface area (Å²) in [7, 11) is 0. The van der Waals surface area contributed by atoms with Gasteiger partial charge in [-0.15, -0.1) is 13.2 Å². The van der Waals surface area contributed by atoms with Crippen LogP contribution in [0.15, 0.2) is 15.8 Å². The standard InChI is InChI=1S/C16H25N2O6P/c1-9(19)7-10-8-18(16(23)17-14(10)22)15-13(21)12(20)11(24-15)5-6-25(2,3)4/h8,11-13,15,20-21H,2,5-7H2,1,3-4H3,(H,17,22,23)/t11?,12-,13-,15?/m1/s1. The Morgan fingerprint density at radius 1 is 1.36 bits per heavy atom. The van der Waals surface area contributed by atoms with Crippen molar-refractivity contribution in [3.8, 4) is 0 Å². The second kappa shape index (κ2) is 7.41. The first-order chi connectivity index (χ1) is 11.5. The number of aromatic amines is 1. The Balaban J connectivity index is 2.29. The van der Waals surface area contributed by atoms with E-state index in [1.165, 1.54) is 13.1 Å². The van der Waals surface area contributed by atoms with Gasteiger partial charge >= 0.3 is 5.69 Å². The zero-order valence-corrected chi connectivity index (χ0v) is 15.5. The minimum atomic E-state index is -1.32. The van der Waals surface area contributed by atoms with Crippen molar-refractivity contribution in [1.29, 1.82) is 0 Å². The molecule has 1 aliphatic rings. The predicted molar refractivity (Wildman–Crippen MR) is 97.0 cm³/mol. The average molecular weight is 372 g/mol. The zero-order chi connectivity index (χ0) is 18.9. The molecule has 1 fully saturated rings. The van der Waals surface area contributed by atoms with Gasteiger partial charge in [-0.05, 0) is 32.8 Å². The van der Waals surface area contributed by atoms with Crippen LogP contribution in [0.1, 0.15) is 25.1 Å². The summed E-state index contributed by atoms with van der Waals surface area (Å²) in [6.07, 6.45) is 2.24. The number of aliphatic hydroxyl groups excluding tert-OH is 2. The molecule has 0 radical (unpaired) electrons. The van der Waals surface area contributed by atoms with Crippen LogP contribution in [0.25, 0.3) is 0 Å². The van der Waals surface area contributed by atoms with Gasteiger partial charge in [0.05, 0.1) is 6.10 Å². The van der Waals surface area contributed by atoms with Gasteiger partial charge in [0.2, 0.25) is 0 Å². The van der Waals surface area contributed by atoms with Crippen LogP contribution in [0.3, 0.4) is 0 Å². The second-order valence-corrected chi connectivity index (χ2v) is 11.5. The minimum absolute atomic E-state index is 0.102. The molecule has 1 saturated heterocycles. The van der Waals surface area contributed by atoms with E-state index in [2.05, 4.69) is 24.6 Å². The van der Waals surface area contributed by atoms with Crippen LogP contribution in [-0.4, -0.2) is 69.7 Å². The Morgan fingerprint density at radius 3 is 2.56 bits per heavy atom. The first kappa shape index (κ1) is 19.8. The molecule has 4 atom stereocenters. The van der Waals surface area contributed by atoms with Crippen LogP contribution >= 0.6 is 6.89 Å². The highest BCUT2D eigenvalue weighted by atomic mass is 31.2. The number of aromatic nitrogens is 2. The summed E-state index contributed by atoms with van der Waals surface area (Å²) in [6, 6.07) is 0. The molecule has 25 heavy (non-hydrogen) atoms. The lowest BCUT2D eigenvalue weighted by Gasteiger charge is -2.19. The average Bonchev–Trinajstić information content (AvgIpc) is 2.75. The SMILES string of the molecule is C=P(C)(C)CCC1OC(n2cc(CC(C)=O)c(=O)[nH]c2=O)[C@H](O)[C@@H]1O. The van der Waals surface area contributed by atoms with Gasteiger partial charge < -0.3 is 14.9 Å². The Kier molecular flexibility index (Phi) is 5.89. The maximum absolute atomic E-state index is 12.1. The molecule has 3 N–H and O–H groups in total. The summed E-state index contributed by atoms with van der Waals surface area (Å²) in [5.74, 6) is -0.233. The number of Topliss-reactive ketones (excluding diaryl/α,β-unsaturated/α-hetero) is 1. The van der Waals surface area contributed by atoms with Gasteiger partial charge in [0, 0.05) is 18.2 Å². The molecule has 1 aliphatic heterocycles. The maximum Gasteiger partial charge on any atom is 0.330 e. The zero-order valence-electron chi connectivity index (χ0n) is 14.6. The summed E-state index contributed by atoms with van der Waals surface area (Å²) >= 11 is 0. The van der Waals surface area contributed by atoms with Gasteiger partial charge in [-0.3, -0.25) is 19.1 Å². The van der Waals surface area contributed by atoms with E-state index in [0.29, 0.717) is 6.42 Å². The number of ketones is 1. The molecule has 2 unspecified atom stereocenters. The third-order valence-corrected chi connectivity index (χ3v) is 5.58.